The second-order valence-corrected chi connectivity index (χ2v) is 8.98. The number of carbonyl (C=O) groups excluding carboxylic acids is 2. The van der Waals surface area contributed by atoms with Gasteiger partial charge < -0.3 is 20.9 Å². The fourth-order valence-corrected chi connectivity index (χ4v) is 6.18. The van der Waals surface area contributed by atoms with Gasteiger partial charge in [0.25, 0.3) is 0 Å². The van der Waals surface area contributed by atoms with Crippen molar-refractivity contribution in [2.75, 3.05) is 26.7 Å². The zero-order valence-electron chi connectivity index (χ0n) is 15.4. The van der Waals surface area contributed by atoms with E-state index in [2.05, 4.69) is 16.0 Å². The first-order valence-corrected chi connectivity index (χ1v) is 10.1. The van der Waals surface area contributed by atoms with E-state index in [4.69, 9.17) is 0 Å². The summed E-state index contributed by atoms with van der Waals surface area (Å²) >= 11 is 0. The molecule has 6 heteroatoms. The number of likely N-dealkylation sites (N-methyl/N-ethyl adjacent to an activating group) is 1. The Labute approximate surface area is 150 Å². The van der Waals surface area contributed by atoms with E-state index in [1.165, 1.54) is 19.3 Å². The van der Waals surface area contributed by atoms with Gasteiger partial charge in [0.05, 0.1) is 0 Å². The number of hydrogen-bond acceptors (Lipinski definition) is 3. The molecule has 0 aromatic rings. The smallest absolute Gasteiger partial charge is 0.315 e. The zero-order valence-corrected chi connectivity index (χ0v) is 15.4. The van der Waals surface area contributed by atoms with Crippen LogP contribution in [0.2, 0.25) is 0 Å². The van der Waals surface area contributed by atoms with Crippen LogP contribution in [-0.4, -0.2) is 55.1 Å². The van der Waals surface area contributed by atoms with Gasteiger partial charge in [-0.2, -0.15) is 0 Å². The van der Waals surface area contributed by atoms with Crippen LogP contribution in [0.4, 0.5) is 4.79 Å². The maximum atomic E-state index is 12.4. The van der Waals surface area contributed by atoms with Crippen LogP contribution >= 0.6 is 0 Å². The number of carbonyl (C=O) groups is 2. The monoisotopic (exact) mass is 348 g/mol. The van der Waals surface area contributed by atoms with E-state index in [9.17, 15) is 9.59 Å². The molecule has 1 saturated heterocycles. The molecule has 0 aromatic carbocycles. The van der Waals surface area contributed by atoms with Crippen molar-refractivity contribution in [3.63, 3.8) is 0 Å². The molecule has 1 heterocycles. The lowest BCUT2D eigenvalue weighted by Crippen LogP contribution is -2.61. The van der Waals surface area contributed by atoms with E-state index in [-0.39, 0.29) is 17.5 Å². The van der Waals surface area contributed by atoms with Gasteiger partial charge in [0.1, 0.15) is 0 Å². The van der Waals surface area contributed by atoms with E-state index in [0.29, 0.717) is 19.0 Å². The van der Waals surface area contributed by atoms with E-state index in [1.54, 1.807) is 0 Å². The molecule has 0 spiro atoms. The highest BCUT2D eigenvalue weighted by molar-refractivity contribution is 5.78. The summed E-state index contributed by atoms with van der Waals surface area (Å²) in [5.41, 5.74) is 0.0369. The summed E-state index contributed by atoms with van der Waals surface area (Å²) in [6, 6.07) is 0.216. The second-order valence-electron chi connectivity index (χ2n) is 8.98. The lowest BCUT2D eigenvalue weighted by atomic mass is 9.53. The van der Waals surface area contributed by atoms with Crippen LogP contribution in [-0.2, 0) is 4.79 Å². The van der Waals surface area contributed by atoms with Gasteiger partial charge in [-0.25, -0.2) is 4.79 Å². The minimum Gasteiger partial charge on any atom is -0.341 e. The summed E-state index contributed by atoms with van der Waals surface area (Å²) < 4.78 is 0. The van der Waals surface area contributed by atoms with Crippen molar-refractivity contribution in [3.8, 4) is 0 Å². The van der Waals surface area contributed by atoms with Crippen LogP contribution in [0.3, 0.4) is 0 Å². The molecule has 4 bridgehead atoms. The van der Waals surface area contributed by atoms with Crippen LogP contribution < -0.4 is 16.0 Å². The van der Waals surface area contributed by atoms with Gasteiger partial charge in [-0.05, 0) is 69.2 Å². The third-order valence-electron chi connectivity index (χ3n) is 7.02. The standard InChI is InChI=1S/C19H32N4O2/c1-23(16-2-4-20-12-16)17(24)3-5-21-18(25)22-19-9-13-6-14(10-19)8-15(7-13)11-19/h13-16,20H,2-12H2,1H3,(H2,21,22,25). The molecule has 5 aliphatic rings. The van der Waals surface area contributed by atoms with Crippen LogP contribution in [0.25, 0.3) is 0 Å². The summed E-state index contributed by atoms with van der Waals surface area (Å²) in [7, 11) is 1.87. The Kier molecular flexibility index (Phi) is 4.65. The highest BCUT2D eigenvalue weighted by atomic mass is 16.2. The van der Waals surface area contributed by atoms with Crippen molar-refractivity contribution < 1.29 is 9.59 Å². The van der Waals surface area contributed by atoms with Crippen molar-refractivity contribution in [1.29, 1.82) is 0 Å². The molecule has 1 unspecified atom stereocenters. The molecule has 25 heavy (non-hydrogen) atoms. The number of nitrogens with zero attached hydrogens (tertiary/aromatic N) is 1. The number of hydrogen-bond donors (Lipinski definition) is 3. The Morgan fingerprint density at radius 3 is 2.32 bits per heavy atom. The Morgan fingerprint density at radius 1 is 1.12 bits per heavy atom. The Bertz CT molecular complexity index is 494. The minimum atomic E-state index is -0.0834. The summed E-state index contributed by atoms with van der Waals surface area (Å²) in [6.07, 6.45) is 8.98. The maximum Gasteiger partial charge on any atom is 0.315 e. The van der Waals surface area contributed by atoms with Crippen molar-refractivity contribution in [3.05, 3.63) is 0 Å². The third-order valence-corrected chi connectivity index (χ3v) is 7.02. The van der Waals surface area contributed by atoms with Crippen LogP contribution in [0, 0.1) is 17.8 Å². The molecule has 3 amide bonds. The van der Waals surface area contributed by atoms with Crippen LogP contribution in [0.15, 0.2) is 0 Å². The predicted molar refractivity (Wildman–Crippen MR) is 96.1 cm³/mol. The molecule has 4 aliphatic carbocycles. The Hall–Kier alpha value is -1.30. The van der Waals surface area contributed by atoms with Crippen molar-refractivity contribution >= 4 is 11.9 Å². The van der Waals surface area contributed by atoms with E-state index < -0.39 is 0 Å². The lowest BCUT2D eigenvalue weighted by Gasteiger charge is -2.56. The van der Waals surface area contributed by atoms with E-state index in [1.807, 2.05) is 11.9 Å². The number of nitrogens with one attached hydrogen (secondary N) is 3. The summed E-state index contributed by atoms with van der Waals surface area (Å²) in [4.78, 5) is 26.5. The molecular weight excluding hydrogens is 316 g/mol. The van der Waals surface area contributed by atoms with Crippen molar-refractivity contribution in [2.45, 2.75) is 62.9 Å². The average molecular weight is 348 g/mol. The molecule has 5 rings (SSSR count). The molecule has 4 saturated carbocycles. The largest absolute Gasteiger partial charge is 0.341 e. The first kappa shape index (κ1) is 17.1. The third kappa shape index (κ3) is 3.64. The lowest BCUT2D eigenvalue weighted by molar-refractivity contribution is -0.131. The maximum absolute atomic E-state index is 12.4. The highest BCUT2D eigenvalue weighted by Gasteiger charge is 2.51. The van der Waals surface area contributed by atoms with Crippen LogP contribution in [0.1, 0.15) is 51.4 Å². The number of urea groups is 1. The summed E-state index contributed by atoms with van der Waals surface area (Å²) in [6.45, 7) is 2.28. The summed E-state index contributed by atoms with van der Waals surface area (Å²) in [5.74, 6) is 2.58. The molecule has 1 aliphatic heterocycles. The van der Waals surface area contributed by atoms with Gasteiger partial charge in [-0.15, -0.1) is 0 Å². The molecular formula is C19H32N4O2. The fourth-order valence-electron chi connectivity index (χ4n) is 6.18. The molecule has 1 atom stereocenters. The summed E-state index contributed by atoms with van der Waals surface area (Å²) in [5, 5.41) is 9.50. The Morgan fingerprint density at radius 2 is 1.76 bits per heavy atom. The number of rotatable bonds is 5. The van der Waals surface area contributed by atoms with Gasteiger partial charge in [0.2, 0.25) is 5.91 Å². The SMILES string of the molecule is CN(C(=O)CCNC(=O)NC12CC3CC(CC(C3)C1)C2)C1CCNC1. The minimum absolute atomic E-state index is 0.0369. The zero-order chi connectivity index (χ0) is 17.4. The van der Waals surface area contributed by atoms with Gasteiger partial charge in [-0.3, -0.25) is 4.79 Å². The average Bonchev–Trinajstić information content (AvgIpc) is 3.06. The topological polar surface area (TPSA) is 73.5 Å². The van der Waals surface area contributed by atoms with Crippen molar-refractivity contribution in [1.82, 2.24) is 20.9 Å². The van der Waals surface area contributed by atoms with Crippen molar-refractivity contribution in [2.24, 2.45) is 17.8 Å². The first-order valence-electron chi connectivity index (χ1n) is 10.1. The van der Waals surface area contributed by atoms with Gasteiger partial charge in [0.15, 0.2) is 0 Å². The molecule has 6 nitrogen and oxygen atoms in total. The number of amides is 3. The van der Waals surface area contributed by atoms with Gasteiger partial charge in [0, 0.05) is 38.1 Å². The van der Waals surface area contributed by atoms with Crippen LogP contribution in [0.5, 0.6) is 0 Å². The first-order chi connectivity index (χ1) is 12.0. The Balaban J connectivity index is 1.21. The quantitative estimate of drug-likeness (QED) is 0.704. The molecule has 5 fully saturated rings. The van der Waals surface area contributed by atoms with Gasteiger partial charge in [-0.1, -0.05) is 0 Å². The molecule has 140 valence electrons. The van der Waals surface area contributed by atoms with Gasteiger partial charge >= 0.3 is 6.03 Å². The molecule has 0 radical (unpaired) electrons. The predicted octanol–water partition coefficient (Wildman–Crippen LogP) is 1.46. The highest BCUT2D eigenvalue weighted by Crippen LogP contribution is 2.55. The molecule has 0 aromatic heterocycles. The van der Waals surface area contributed by atoms with E-state index >= 15 is 0 Å². The van der Waals surface area contributed by atoms with E-state index in [0.717, 1.165) is 56.5 Å². The fraction of sp³-hybridized carbons (Fsp3) is 0.895. The second kappa shape index (κ2) is 6.78. The molecule has 3 N–H and O–H groups in total. The normalized spacial score (nSPS) is 38.6.